The van der Waals surface area contributed by atoms with Crippen LogP contribution in [-0.4, -0.2) is 48.9 Å². The molecular weight excluding hydrogens is 302 g/mol. The van der Waals surface area contributed by atoms with Crippen LogP contribution < -0.4 is 15.0 Å². The molecule has 0 unspecified atom stereocenters. The summed E-state index contributed by atoms with van der Waals surface area (Å²) in [6.45, 7) is 1.84. The molecule has 23 heavy (non-hydrogen) atoms. The first-order valence-corrected chi connectivity index (χ1v) is 7.10. The number of carbonyl (C=O) groups excluding carboxylic acids is 4. The molecule has 1 aromatic rings. The molecule has 1 heterocycles. The molecule has 2 rings (SSSR count). The van der Waals surface area contributed by atoms with Crippen molar-refractivity contribution < 1.29 is 23.9 Å². The number of nitrogens with zero attached hydrogens (tertiary/aromatic N) is 2. The lowest BCUT2D eigenvalue weighted by Crippen LogP contribution is -2.41. The number of carbonyl (C=O) groups is 4. The van der Waals surface area contributed by atoms with E-state index in [1.54, 1.807) is 12.1 Å². The van der Waals surface area contributed by atoms with Crippen molar-refractivity contribution in [2.75, 3.05) is 25.1 Å². The van der Waals surface area contributed by atoms with Gasteiger partial charge in [-0.3, -0.25) is 14.4 Å². The molecule has 1 aliphatic heterocycles. The van der Waals surface area contributed by atoms with Crippen LogP contribution in [0, 0.1) is 0 Å². The van der Waals surface area contributed by atoms with Crippen LogP contribution in [0.4, 0.5) is 10.5 Å². The molecule has 122 valence electrons. The van der Waals surface area contributed by atoms with Gasteiger partial charge < -0.3 is 10.1 Å². The lowest BCUT2D eigenvalue weighted by Gasteiger charge is -2.15. The second-order valence-electron chi connectivity index (χ2n) is 4.86. The van der Waals surface area contributed by atoms with Gasteiger partial charge in [0.15, 0.2) is 0 Å². The van der Waals surface area contributed by atoms with Gasteiger partial charge in [-0.25, -0.2) is 14.6 Å². The fourth-order valence-electron chi connectivity index (χ4n) is 2.07. The van der Waals surface area contributed by atoms with Gasteiger partial charge in [-0.2, -0.15) is 0 Å². The van der Waals surface area contributed by atoms with Gasteiger partial charge >= 0.3 is 17.8 Å². The molecule has 8 nitrogen and oxygen atoms in total. The smallest absolute Gasteiger partial charge is 0.339 e. The first-order valence-electron chi connectivity index (χ1n) is 7.10. The van der Waals surface area contributed by atoms with E-state index < -0.39 is 30.3 Å². The van der Waals surface area contributed by atoms with E-state index in [-0.39, 0.29) is 5.69 Å². The Morgan fingerprint density at radius 1 is 1.13 bits per heavy atom. The first-order chi connectivity index (χ1) is 11.0. The van der Waals surface area contributed by atoms with E-state index >= 15 is 0 Å². The number of ether oxygens (including phenoxy) is 1. The van der Waals surface area contributed by atoms with E-state index in [0.717, 1.165) is 11.3 Å². The average molecular weight is 319 g/mol. The highest BCUT2D eigenvalue weighted by atomic mass is 16.5. The van der Waals surface area contributed by atoms with Gasteiger partial charge in [-0.05, 0) is 30.7 Å². The number of imide groups is 2. The van der Waals surface area contributed by atoms with Crippen LogP contribution >= 0.6 is 0 Å². The van der Waals surface area contributed by atoms with Crippen LogP contribution in [0.25, 0.3) is 0 Å². The van der Waals surface area contributed by atoms with Crippen molar-refractivity contribution in [1.82, 2.24) is 10.2 Å². The number of hydrogen-bond acceptors (Lipinski definition) is 5. The number of hydrogen-bond donors (Lipinski definition) is 1. The molecule has 5 amide bonds. The quantitative estimate of drug-likeness (QED) is 0.609. The Labute approximate surface area is 133 Å². The van der Waals surface area contributed by atoms with Gasteiger partial charge in [-0.1, -0.05) is 6.92 Å². The summed E-state index contributed by atoms with van der Waals surface area (Å²) in [5.41, 5.74) is 0.241. The zero-order valence-electron chi connectivity index (χ0n) is 12.9. The minimum absolute atomic E-state index is 0.241. The molecule has 1 fully saturated rings. The van der Waals surface area contributed by atoms with Crippen LogP contribution in [0.5, 0.6) is 5.75 Å². The number of amides is 5. The highest BCUT2D eigenvalue weighted by molar-refractivity contribution is 6.53. The van der Waals surface area contributed by atoms with Crippen molar-refractivity contribution in [3.8, 4) is 5.75 Å². The Hall–Kier alpha value is -2.90. The van der Waals surface area contributed by atoms with Gasteiger partial charge in [0.05, 0.1) is 12.8 Å². The monoisotopic (exact) mass is 319 g/mol. The topological polar surface area (TPSA) is 96.0 Å². The highest BCUT2D eigenvalue weighted by Gasteiger charge is 2.46. The van der Waals surface area contributed by atoms with E-state index in [1.165, 1.54) is 19.2 Å². The normalized spacial score (nSPS) is 14.4. The molecule has 1 saturated heterocycles. The largest absolute Gasteiger partial charge is 0.497 e. The Balaban J connectivity index is 2.16. The zero-order chi connectivity index (χ0) is 17.0. The zero-order valence-corrected chi connectivity index (χ0v) is 12.9. The Morgan fingerprint density at radius 2 is 1.78 bits per heavy atom. The molecule has 8 heteroatoms. The second-order valence-corrected chi connectivity index (χ2v) is 4.86. The van der Waals surface area contributed by atoms with E-state index in [9.17, 15) is 19.2 Å². The second kappa shape index (κ2) is 6.91. The lowest BCUT2D eigenvalue weighted by molar-refractivity contribution is -0.140. The average Bonchev–Trinajstić information content (AvgIpc) is 2.77. The SMILES string of the molecule is CCCNC(=O)CN1C(=O)C(=O)N(c2ccc(OC)cc2)C1=O. The predicted molar refractivity (Wildman–Crippen MR) is 80.9 cm³/mol. The van der Waals surface area contributed by atoms with Gasteiger partial charge in [0.2, 0.25) is 5.91 Å². The van der Waals surface area contributed by atoms with Crippen LogP contribution in [-0.2, 0) is 14.4 Å². The molecule has 0 aliphatic carbocycles. The van der Waals surface area contributed by atoms with Gasteiger partial charge in [0.1, 0.15) is 12.3 Å². The molecule has 0 bridgehead atoms. The highest BCUT2D eigenvalue weighted by Crippen LogP contribution is 2.24. The van der Waals surface area contributed by atoms with Crippen molar-refractivity contribution in [2.24, 2.45) is 0 Å². The van der Waals surface area contributed by atoms with Gasteiger partial charge in [-0.15, -0.1) is 0 Å². The fraction of sp³-hybridized carbons (Fsp3) is 0.333. The van der Waals surface area contributed by atoms with Crippen LogP contribution in [0.2, 0.25) is 0 Å². The summed E-state index contributed by atoms with van der Waals surface area (Å²) in [5.74, 6) is -1.94. The number of methoxy groups -OCH3 is 1. The van der Waals surface area contributed by atoms with Crippen molar-refractivity contribution in [3.63, 3.8) is 0 Å². The summed E-state index contributed by atoms with van der Waals surface area (Å²) in [5, 5.41) is 2.55. The molecule has 1 N–H and O–H groups in total. The number of anilines is 1. The van der Waals surface area contributed by atoms with Gasteiger partial charge in [0, 0.05) is 6.54 Å². The van der Waals surface area contributed by atoms with Crippen LogP contribution in [0.3, 0.4) is 0 Å². The molecule has 0 aromatic heterocycles. The van der Waals surface area contributed by atoms with E-state index in [4.69, 9.17) is 4.74 Å². The molecule has 0 radical (unpaired) electrons. The number of benzene rings is 1. The summed E-state index contributed by atoms with van der Waals surface area (Å²) < 4.78 is 5.00. The maximum absolute atomic E-state index is 12.3. The summed E-state index contributed by atoms with van der Waals surface area (Å²) in [7, 11) is 1.49. The Kier molecular flexibility index (Phi) is 4.95. The standard InChI is InChI=1S/C15H17N3O5/c1-3-8-16-12(19)9-17-13(20)14(21)18(15(17)22)10-4-6-11(23-2)7-5-10/h4-7H,3,8-9H2,1-2H3,(H,16,19). The molecule has 1 aliphatic rings. The Bertz CT molecular complexity index is 641. The fourth-order valence-corrected chi connectivity index (χ4v) is 2.07. The third-order valence-corrected chi connectivity index (χ3v) is 3.26. The molecular formula is C15H17N3O5. The summed E-state index contributed by atoms with van der Waals surface area (Å²) in [6.07, 6.45) is 0.727. The van der Waals surface area contributed by atoms with Crippen LogP contribution in [0.1, 0.15) is 13.3 Å². The van der Waals surface area contributed by atoms with Crippen molar-refractivity contribution in [3.05, 3.63) is 24.3 Å². The molecule has 0 spiro atoms. The predicted octanol–water partition coefficient (Wildman–Crippen LogP) is 0.517. The van der Waals surface area contributed by atoms with E-state index in [0.29, 0.717) is 17.2 Å². The lowest BCUT2D eigenvalue weighted by atomic mass is 10.3. The maximum atomic E-state index is 12.3. The van der Waals surface area contributed by atoms with E-state index in [2.05, 4.69) is 5.32 Å². The maximum Gasteiger partial charge on any atom is 0.339 e. The summed E-state index contributed by atoms with van der Waals surface area (Å²) in [6, 6.07) is 5.27. The molecule has 0 saturated carbocycles. The number of nitrogens with one attached hydrogen (secondary N) is 1. The minimum Gasteiger partial charge on any atom is -0.497 e. The first kappa shape index (κ1) is 16.5. The van der Waals surface area contributed by atoms with E-state index in [1.807, 2.05) is 6.92 Å². The third kappa shape index (κ3) is 3.31. The van der Waals surface area contributed by atoms with Crippen molar-refractivity contribution >= 4 is 29.4 Å². The number of rotatable bonds is 6. The van der Waals surface area contributed by atoms with Gasteiger partial charge in [0.25, 0.3) is 0 Å². The van der Waals surface area contributed by atoms with Crippen molar-refractivity contribution in [2.45, 2.75) is 13.3 Å². The third-order valence-electron chi connectivity index (χ3n) is 3.26. The van der Waals surface area contributed by atoms with Crippen LogP contribution in [0.15, 0.2) is 24.3 Å². The molecule has 1 aromatic carbocycles. The number of urea groups is 1. The van der Waals surface area contributed by atoms with Crippen molar-refractivity contribution in [1.29, 1.82) is 0 Å². The summed E-state index contributed by atoms with van der Waals surface area (Å²) in [4.78, 5) is 49.3. The summed E-state index contributed by atoms with van der Waals surface area (Å²) >= 11 is 0. The minimum atomic E-state index is -1.02. The molecule has 0 atom stereocenters. The Morgan fingerprint density at radius 3 is 2.35 bits per heavy atom.